The summed E-state index contributed by atoms with van der Waals surface area (Å²) in [6, 6.07) is 6.49. The first-order valence-electron chi connectivity index (χ1n) is 7.40. The first-order valence-corrected chi connectivity index (χ1v) is 8.76. The number of rotatable bonds is 4. The normalized spacial score (nSPS) is 18.9. The third kappa shape index (κ3) is 4.31. The second kappa shape index (κ2) is 7.06. The number of thioether (sulfide) groups is 1. The van der Waals surface area contributed by atoms with Crippen molar-refractivity contribution in [2.75, 3.05) is 30.3 Å². The molecule has 0 radical (unpaired) electrons. The van der Waals surface area contributed by atoms with Crippen LogP contribution in [-0.2, 0) is 6.54 Å². The molecule has 1 aliphatic rings. The number of hydrogen-bond acceptors (Lipinski definition) is 3. The van der Waals surface area contributed by atoms with Crippen molar-refractivity contribution in [2.45, 2.75) is 38.5 Å². The zero-order valence-corrected chi connectivity index (χ0v) is 14.3. The lowest BCUT2D eigenvalue weighted by atomic mass is 10.1. The molecule has 1 heterocycles. The van der Waals surface area contributed by atoms with E-state index in [1.807, 2.05) is 0 Å². The van der Waals surface area contributed by atoms with Gasteiger partial charge in [0.15, 0.2) is 0 Å². The highest BCUT2D eigenvalue weighted by molar-refractivity contribution is 8.00. The Hall–Kier alpha value is -0.380. The third-order valence-corrected chi connectivity index (χ3v) is 5.53. The van der Waals surface area contributed by atoms with Crippen molar-refractivity contribution in [1.82, 2.24) is 5.32 Å². The number of nitrogens with one attached hydrogen (secondary N) is 1. The molecule has 0 bridgehead atoms. The molecule has 0 unspecified atom stereocenters. The Balaban J connectivity index is 2.07. The molecule has 2 rings (SSSR count). The van der Waals surface area contributed by atoms with Crippen molar-refractivity contribution in [3.63, 3.8) is 0 Å². The SMILES string of the molecule is CCNCc1ccc(N2CCSC(C)(C)CC2)cc1Cl. The van der Waals surface area contributed by atoms with E-state index >= 15 is 0 Å². The molecule has 1 N–H and O–H groups in total. The summed E-state index contributed by atoms with van der Waals surface area (Å²) in [5, 5.41) is 4.20. The molecule has 1 fully saturated rings. The fourth-order valence-corrected chi connectivity index (χ4v) is 3.76. The minimum atomic E-state index is 0.392. The summed E-state index contributed by atoms with van der Waals surface area (Å²) >= 11 is 8.48. The maximum absolute atomic E-state index is 6.41. The lowest BCUT2D eigenvalue weighted by Crippen LogP contribution is -2.27. The number of hydrogen-bond donors (Lipinski definition) is 1. The molecule has 2 nitrogen and oxygen atoms in total. The Morgan fingerprint density at radius 2 is 2.15 bits per heavy atom. The average Bonchev–Trinajstić information content (AvgIpc) is 2.58. The zero-order valence-electron chi connectivity index (χ0n) is 12.7. The van der Waals surface area contributed by atoms with E-state index in [9.17, 15) is 0 Å². The lowest BCUT2D eigenvalue weighted by Gasteiger charge is -2.24. The van der Waals surface area contributed by atoms with Crippen LogP contribution in [-0.4, -0.2) is 30.1 Å². The van der Waals surface area contributed by atoms with Gasteiger partial charge in [-0.15, -0.1) is 0 Å². The van der Waals surface area contributed by atoms with Gasteiger partial charge < -0.3 is 10.2 Å². The molecule has 20 heavy (non-hydrogen) atoms. The highest BCUT2D eigenvalue weighted by Gasteiger charge is 2.23. The monoisotopic (exact) mass is 312 g/mol. The first kappa shape index (κ1) is 16.0. The van der Waals surface area contributed by atoms with Gasteiger partial charge in [0.25, 0.3) is 0 Å². The molecule has 0 aliphatic carbocycles. The molecule has 4 heteroatoms. The summed E-state index contributed by atoms with van der Waals surface area (Å²) < 4.78 is 0.392. The van der Waals surface area contributed by atoms with E-state index in [1.54, 1.807) is 0 Å². The van der Waals surface area contributed by atoms with E-state index in [1.165, 1.54) is 23.4 Å². The molecule has 0 aromatic heterocycles. The summed E-state index contributed by atoms with van der Waals surface area (Å²) in [6.45, 7) is 10.8. The van der Waals surface area contributed by atoms with Crippen molar-refractivity contribution in [3.05, 3.63) is 28.8 Å². The summed E-state index contributed by atoms with van der Waals surface area (Å²) in [5.74, 6) is 1.18. The maximum Gasteiger partial charge on any atom is 0.0471 e. The summed E-state index contributed by atoms with van der Waals surface area (Å²) in [5.41, 5.74) is 2.44. The highest BCUT2D eigenvalue weighted by atomic mass is 35.5. The summed E-state index contributed by atoms with van der Waals surface area (Å²) in [6.07, 6.45) is 1.22. The Morgan fingerprint density at radius 1 is 1.35 bits per heavy atom. The predicted molar refractivity (Wildman–Crippen MR) is 92.2 cm³/mol. The average molecular weight is 313 g/mol. The molecule has 0 saturated carbocycles. The van der Waals surface area contributed by atoms with Crippen molar-refractivity contribution in [2.24, 2.45) is 0 Å². The summed E-state index contributed by atoms with van der Waals surface area (Å²) in [7, 11) is 0. The van der Waals surface area contributed by atoms with Crippen molar-refractivity contribution in [1.29, 1.82) is 0 Å². The van der Waals surface area contributed by atoms with Gasteiger partial charge in [-0.3, -0.25) is 0 Å². The van der Waals surface area contributed by atoms with Gasteiger partial charge in [-0.05, 0) is 30.7 Å². The van der Waals surface area contributed by atoms with Gasteiger partial charge in [0.2, 0.25) is 0 Å². The van der Waals surface area contributed by atoms with E-state index in [-0.39, 0.29) is 0 Å². The number of halogens is 1. The zero-order chi connectivity index (χ0) is 14.6. The van der Waals surface area contributed by atoms with Crippen molar-refractivity contribution >= 4 is 29.1 Å². The van der Waals surface area contributed by atoms with E-state index < -0.39 is 0 Å². The molecule has 112 valence electrons. The predicted octanol–water partition coefficient (Wildman–Crippen LogP) is 4.17. The molecule has 1 aliphatic heterocycles. The van der Waals surface area contributed by atoms with Gasteiger partial charge >= 0.3 is 0 Å². The van der Waals surface area contributed by atoms with Crippen LogP contribution in [0, 0.1) is 0 Å². The number of nitrogens with zero attached hydrogens (tertiary/aromatic N) is 1. The van der Waals surface area contributed by atoms with Crippen LogP contribution in [0.2, 0.25) is 5.02 Å². The Bertz CT molecular complexity index is 448. The van der Waals surface area contributed by atoms with Gasteiger partial charge in [0, 0.05) is 40.8 Å². The fraction of sp³-hybridized carbons (Fsp3) is 0.625. The molecule has 0 atom stereocenters. The Labute approximate surface area is 132 Å². The topological polar surface area (TPSA) is 15.3 Å². The summed E-state index contributed by atoms with van der Waals surface area (Å²) in [4.78, 5) is 2.46. The molecular formula is C16H25ClN2S. The van der Waals surface area contributed by atoms with Crippen LogP contribution in [0.4, 0.5) is 5.69 Å². The minimum Gasteiger partial charge on any atom is -0.371 e. The quantitative estimate of drug-likeness (QED) is 0.898. The molecular weight excluding hydrogens is 288 g/mol. The smallest absolute Gasteiger partial charge is 0.0471 e. The van der Waals surface area contributed by atoms with E-state index in [0.29, 0.717) is 4.75 Å². The van der Waals surface area contributed by atoms with Crippen LogP contribution < -0.4 is 10.2 Å². The van der Waals surface area contributed by atoms with Crippen LogP contribution in [0.3, 0.4) is 0 Å². The van der Waals surface area contributed by atoms with Gasteiger partial charge in [0.1, 0.15) is 0 Å². The van der Waals surface area contributed by atoms with Crippen LogP contribution in [0.5, 0.6) is 0 Å². The largest absolute Gasteiger partial charge is 0.371 e. The van der Waals surface area contributed by atoms with Gasteiger partial charge in [0.05, 0.1) is 0 Å². The molecule has 1 saturated heterocycles. The number of benzene rings is 1. The van der Waals surface area contributed by atoms with Crippen LogP contribution >= 0.6 is 23.4 Å². The van der Waals surface area contributed by atoms with Crippen molar-refractivity contribution < 1.29 is 0 Å². The number of anilines is 1. The van der Waals surface area contributed by atoms with Crippen LogP contribution in [0.1, 0.15) is 32.8 Å². The molecule has 0 amide bonds. The molecule has 0 spiro atoms. The van der Waals surface area contributed by atoms with Gasteiger partial charge in [-0.2, -0.15) is 11.8 Å². The first-order chi connectivity index (χ1) is 9.52. The Morgan fingerprint density at radius 3 is 2.85 bits per heavy atom. The van der Waals surface area contributed by atoms with Gasteiger partial charge in [-0.25, -0.2) is 0 Å². The van der Waals surface area contributed by atoms with Gasteiger partial charge in [-0.1, -0.05) is 38.4 Å². The van der Waals surface area contributed by atoms with E-state index in [4.69, 9.17) is 11.6 Å². The minimum absolute atomic E-state index is 0.392. The van der Waals surface area contributed by atoms with Crippen molar-refractivity contribution in [3.8, 4) is 0 Å². The second-order valence-electron chi connectivity index (χ2n) is 5.90. The highest BCUT2D eigenvalue weighted by Crippen LogP contribution is 2.33. The lowest BCUT2D eigenvalue weighted by molar-refractivity contribution is 0.637. The van der Waals surface area contributed by atoms with Crippen LogP contribution in [0.15, 0.2) is 18.2 Å². The van der Waals surface area contributed by atoms with E-state index in [2.05, 4.69) is 60.9 Å². The maximum atomic E-state index is 6.41. The van der Waals surface area contributed by atoms with E-state index in [0.717, 1.165) is 31.2 Å². The standard InChI is InChI=1S/C16H25ClN2S/c1-4-18-12-13-5-6-14(11-15(13)17)19-8-7-16(2,3)20-10-9-19/h5-6,11,18H,4,7-10,12H2,1-3H3. The fourth-order valence-electron chi connectivity index (χ4n) is 2.41. The molecule has 1 aromatic carbocycles. The second-order valence-corrected chi connectivity index (χ2v) is 8.11. The third-order valence-electron chi connectivity index (χ3n) is 3.81. The Kier molecular flexibility index (Phi) is 5.65. The van der Waals surface area contributed by atoms with Crippen LogP contribution in [0.25, 0.3) is 0 Å². The molecule has 1 aromatic rings.